The molecule has 0 spiro atoms. The lowest BCUT2D eigenvalue weighted by Gasteiger charge is -2.33. The van der Waals surface area contributed by atoms with Crippen LogP contribution in [0.1, 0.15) is 36.3 Å². The molecule has 2 amide bonds. The number of carbonyl (C=O) groups is 3. The summed E-state index contributed by atoms with van der Waals surface area (Å²) < 4.78 is 5.45. The van der Waals surface area contributed by atoms with E-state index in [2.05, 4.69) is 17.4 Å². The molecular weight excluding hydrogens is 396 g/mol. The van der Waals surface area contributed by atoms with Crippen LogP contribution in [0.2, 0.25) is 0 Å². The van der Waals surface area contributed by atoms with E-state index in [4.69, 9.17) is 4.74 Å². The average molecular weight is 420 g/mol. The van der Waals surface area contributed by atoms with Crippen LogP contribution in [0, 0.1) is 5.92 Å². The highest BCUT2D eigenvalue weighted by Crippen LogP contribution is 2.54. The summed E-state index contributed by atoms with van der Waals surface area (Å²) in [6.45, 7) is 0.311. The second-order valence-corrected chi connectivity index (χ2v) is 8.50. The van der Waals surface area contributed by atoms with Crippen LogP contribution in [0.5, 0.6) is 0 Å². The van der Waals surface area contributed by atoms with E-state index in [1.807, 2.05) is 36.4 Å². The Labute approximate surface area is 180 Å². The highest BCUT2D eigenvalue weighted by molar-refractivity contribution is 5.92. The molecule has 2 N–H and O–H groups in total. The molecule has 0 aromatic heterocycles. The first-order valence-electron chi connectivity index (χ1n) is 10.6. The zero-order valence-electron chi connectivity index (χ0n) is 17.0. The van der Waals surface area contributed by atoms with Gasteiger partial charge in [-0.25, -0.2) is 9.59 Å². The highest BCUT2D eigenvalue weighted by atomic mass is 16.5. The van der Waals surface area contributed by atoms with Gasteiger partial charge in [0.15, 0.2) is 0 Å². The number of piperidine rings is 1. The van der Waals surface area contributed by atoms with E-state index in [1.54, 1.807) is 0 Å². The molecule has 31 heavy (non-hydrogen) atoms. The second-order valence-electron chi connectivity index (χ2n) is 8.50. The largest absolute Gasteiger partial charge is 0.479 e. The maximum Gasteiger partial charge on any atom is 0.407 e. The third-order valence-electron chi connectivity index (χ3n) is 6.89. The zero-order valence-corrected chi connectivity index (χ0v) is 17.0. The summed E-state index contributed by atoms with van der Waals surface area (Å²) in [7, 11) is 0. The lowest BCUT2D eigenvalue weighted by atomic mass is 9.98. The van der Waals surface area contributed by atoms with Crippen molar-refractivity contribution in [2.75, 3.05) is 19.7 Å². The molecule has 1 aliphatic heterocycles. The normalized spacial score (nSPS) is 23.4. The standard InChI is InChI=1S/C24H24N2O5/c27-21(26-11-5-6-15-12-24(15,26)22(28)29)13-25-23(30)31-14-20-18-9-3-1-7-16(18)17-8-2-4-10-19(17)20/h1-4,7-10,15,20H,5-6,11-14H2,(H,25,30)(H,28,29). The number of carboxylic acids is 1. The van der Waals surface area contributed by atoms with Crippen LogP contribution in [-0.2, 0) is 14.3 Å². The Morgan fingerprint density at radius 2 is 1.71 bits per heavy atom. The third kappa shape index (κ3) is 3.15. The van der Waals surface area contributed by atoms with E-state index in [1.165, 1.54) is 4.90 Å². The molecule has 2 atom stereocenters. The summed E-state index contributed by atoms with van der Waals surface area (Å²) in [4.78, 5) is 38.1. The first-order chi connectivity index (χ1) is 15.0. The molecule has 160 valence electrons. The number of amides is 2. The van der Waals surface area contributed by atoms with Crippen LogP contribution in [-0.4, -0.2) is 53.2 Å². The number of nitrogens with zero attached hydrogens (tertiary/aromatic N) is 1. The minimum Gasteiger partial charge on any atom is -0.479 e. The lowest BCUT2D eigenvalue weighted by Crippen LogP contribution is -2.54. The number of nitrogens with one attached hydrogen (secondary N) is 1. The Balaban J connectivity index is 1.20. The van der Waals surface area contributed by atoms with Crippen LogP contribution in [0.25, 0.3) is 11.1 Å². The van der Waals surface area contributed by atoms with Crippen molar-refractivity contribution in [2.45, 2.75) is 30.7 Å². The van der Waals surface area contributed by atoms with Gasteiger partial charge in [0.2, 0.25) is 5.91 Å². The molecule has 3 aliphatic rings. The molecule has 5 rings (SSSR count). The number of hydrogen-bond acceptors (Lipinski definition) is 4. The van der Waals surface area contributed by atoms with Crippen LogP contribution in [0.3, 0.4) is 0 Å². The van der Waals surface area contributed by atoms with Gasteiger partial charge < -0.3 is 20.1 Å². The minimum absolute atomic E-state index is 0.0251. The molecule has 2 aliphatic carbocycles. The monoisotopic (exact) mass is 420 g/mol. The van der Waals surface area contributed by atoms with Gasteiger partial charge in [0, 0.05) is 12.5 Å². The van der Waals surface area contributed by atoms with Crippen molar-refractivity contribution in [3.05, 3.63) is 59.7 Å². The number of aliphatic carboxylic acids is 1. The molecule has 1 saturated heterocycles. The van der Waals surface area contributed by atoms with Crippen molar-refractivity contribution in [1.29, 1.82) is 0 Å². The van der Waals surface area contributed by atoms with Crippen molar-refractivity contribution in [2.24, 2.45) is 5.92 Å². The summed E-state index contributed by atoms with van der Waals surface area (Å²) in [6, 6.07) is 16.1. The summed E-state index contributed by atoms with van der Waals surface area (Å²) in [6.07, 6.45) is 1.44. The molecule has 2 aromatic carbocycles. The van der Waals surface area contributed by atoms with Gasteiger partial charge in [-0.2, -0.15) is 0 Å². The fraction of sp³-hybridized carbons (Fsp3) is 0.375. The molecule has 1 heterocycles. The number of carbonyl (C=O) groups excluding carboxylic acids is 2. The number of benzene rings is 2. The van der Waals surface area contributed by atoms with Gasteiger partial charge in [-0.3, -0.25) is 4.79 Å². The van der Waals surface area contributed by atoms with Gasteiger partial charge in [0.25, 0.3) is 0 Å². The number of alkyl carbamates (subject to hydrolysis) is 1. The van der Waals surface area contributed by atoms with Crippen LogP contribution < -0.4 is 5.32 Å². The van der Waals surface area contributed by atoms with Crippen molar-refractivity contribution in [3.8, 4) is 11.1 Å². The van der Waals surface area contributed by atoms with E-state index in [-0.39, 0.29) is 30.9 Å². The molecule has 7 nitrogen and oxygen atoms in total. The zero-order chi connectivity index (χ0) is 21.6. The average Bonchev–Trinajstić information content (AvgIpc) is 3.47. The smallest absolute Gasteiger partial charge is 0.407 e. The quantitative estimate of drug-likeness (QED) is 0.775. The number of rotatable bonds is 5. The molecule has 2 aromatic rings. The van der Waals surface area contributed by atoms with Gasteiger partial charge in [-0.05, 0) is 47.4 Å². The predicted octanol–water partition coefficient (Wildman–Crippen LogP) is 2.99. The topological polar surface area (TPSA) is 95.9 Å². The fourth-order valence-corrected chi connectivity index (χ4v) is 5.30. The minimum atomic E-state index is -1.07. The van der Waals surface area contributed by atoms with E-state index in [0.717, 1.165) is 35.1 Å². The number of likely N-dealkylation sites (tertiary alicyclic amines) is 1. The van der Waals surface area contributed by atoms with Gasteiger partial charge in [0.05, 0.1) is 0 Å². The van der Waals surface area contributed by atoms with Gasteiger partial charge in [0.1, 0.15) is 18.7 Å². The van der Waals surface area contributed by atoms with E-state index >= 15 is 0 Å². The molecule has 1 saturated carbocycles. The Hall–Kier alpha value is -3.35. The van der Waals surface area contributed by atoms with Gasteiger partial charge in [-0.15, -0.1) is 0 Å². The number of fused-ring (bicyclic) bond motifs is 4. The molecule has 7 heteroatoms. The Morgan fingerprint density at radius 1 is 1.06 bits per heavy atom. The molecule has 0 bridgehead atoms. The first-order valence-corrected chi connectivity index (χ1v) is 10.6. The summed E-state index contributed by atoms with van der Waals surface area (Å²) in [5.74, 6) is -1.36. The summed E-state index contributed by atoms with van der Waals surface area (Å²) in [5, 5.41) is 12.1. The van der Waals surface area contributed by atoms with Gasteiger partial charge in [-0.1, -0.05) is 48.5 Å². The number of carboxylic acid groups (broad SMARTS) is 1. The van der Waals surface area contributed by atoms with Crippen molar-refractivity contribution < 1.29 is 24.2 Å². The maximum atomic E-state index is 12.6. The molecule has 2 unspecified atom stereocenters. The van der Waals surface area contributed by atoms with Crippen LogP contribution in [0.15, 0.2) is 48.5 Å². The van der Waals surface area contributed by atoms with E-state index in [9.17, 15) is 19.5 Å². The van der Waals surface area contributed by atoms with Crippen molar-refractivity contribution in [3.63, 3.8) is 0 Å². The Morgan fingerprint density at radius 3 is 2.35 bits per heavy atom. The van der Waals surface area contributed by atoms with E-state index in [0.29, 0.717) is 13.0 Å². The second kappa shape index (κ2) is 7.41. The molecule has 2 fully saturated rings. The Bertz CT molecular complexity index is 1020. The Kier molecular flexibility index (Phi) is 4.68. The molecular formula is C24H24N2O5. The highest BCUT2D eigenvalue weighted by Gasteiger charge is 2.66. The maximum absolute atomic E-state index is 12.6. The predicted molar refractivity (Wildman–Crippen MR) is 112 cm³/mol. The first kappa shape index (κ1) is 19.6. The number of ether oxygens (including phenoxy) is 1. The van der Waals surface area contributed by atoms with Crippen LogP contribution >= 0.6 is 0 Å². The number of hydrogen-bond donors (Lipinski definition) is 2. The summed E-state index contributed by atoms with van der Waals surface area (Å²) >= 11 is 0. The third-order valence-corrected chi connectivity index (χ3v) is 6.89. The summed E-state index contributed by atoms with van der Waals surface area (Å²) in [5.41, 5.74) is 3.45. The van der Waals surface area contributed by atoms with E-state index < -0.39 is 17.6 Å². The van der Waals surface area contributed by atoms with Crippen LogP contribution in [0.4, 0.5) is 4.79 Å². The lowest BCUT2D eigenvalue weighted by molar-refractivity contribution is -0.154. The van der Waals surface area contributed by atoms with Gasteiger partial charge >= 0.3 is 12.1 Å². The molecule has 0 radical (unpaired) electrons. The van der Waals surface area contributed by atoms with Crippen molar-refractivity contribution >= 4 is 18.0 Å². The SMILES string of the molecule is O=C(NCC(=O)N1CCCC2CC21C(=O)O)OCC1c2ccccc2-c2ccccc21. The van der Waals surface area contributed by atoms with Crippen molar-refractivity contribution in [1.82, 2.24) is 10.2 Å². The fourth-order valence-electron chi connectivity index (χ4n) is 5.30.